The van der Waals surface area contributed by atoms with E-state index in [1.54, 1.807) is 13.8 Å². The molecular formula is C9H19O4P. The summed E-state index contributed by atoms with van der Waals surface area (Å²) in [6.07, 6.45) is -0.0124. The lowest BCUT2D eigenvalue weighted by Gasteiger charge is -2.16. The van der Waals surface area contributed by atoms with Crippen molar-refractivity contribution in [3.8, 4) is 0 Å². The van der Waals surface area contributed by atoms with Crippen LogP contribution in [0.15, 0.2) is 12.2 Å². The van der Waals surface area contributed by atoms with Gasteiger partial charge in [-0.15, -0.1) is 0 Å². The third-order valence-electron chi connectivity index (χ3n) is 1.25. The van der Waals surface area contributed by atoms with Gasteiger partial charge in [-0.2, -0.15) is 0 Å². The molecule has 0 saturated carbocycles. The van der Waals surface area contributed by atoms with Gasteiger partial charge in [-0.1, -0.05) is 12.2 Å². The summed E-state index contributed by atoms with van der Waals surface area (Å²) in [6.45, 7) is 10.1. The van der Waals surface area contributed by atoms with Gasteiger partial charge in [-0.3, -0.25) is 4.57 Å². The molecule has 0 amide bonds. The van der Waals surface area contributed by atoms with Crippen molar-refractivity contribution in [2.45, 2.75) is 20.8 Å². The van der Waals surface area contributed by atoms with Crippen LogP contribution in [-0.4, -0.2) is 26.2 Å². The summed E-state index contributed by atoms with van der Waals surface area (Å²) in [5.74, 6) is 0. The molecule has 0 aromatic rings. The largest absolute Gasteiger partial charge is 0.364 e. The van der Waals surface area contributed by atoms with Gasteiger partial charge in [-0.05, 0) is 20.8 Å². The van der Waals surface area contributed by atoms with E-state index in [1.165, 1.54) is 0 Å². The SMILES string of the molecule is C=C(C)COCP(=O)(OCC)OCC. The van der Waals surface area contributed by atoms with Crippen molar-refractivity contribution < 1.29 is 18.3 Å². The lowest BCUT2D eigenvalue weighted by molar-refractivity contribution is 0.146. The van der Waals surface area contributed by atoms with Gasteiger partial charge in [0.2, 0.25) is 0 Å². The van der Waals surface area contributed by atoms with Gasteiger partial charge in [0.15, 0.2) is 0 Å². The minimum absolute atomic E-state index is 0.0124. The molecule has 4 nitrogen and oxygen atoms in total. The molecule has 0 aromatic carbocycles. The third-order valence-corrected chi connectivity index (χ3v) is 3.05. The van der Waals surface area contributed by atoms with Crippen LogP contribution in [0, 0.1) is 0 Å². The van der Waals surface area contributed by atoms with Crippen molar-refractivity contribution in [3.05, 3.63) is 12.2 Å². The van der Waals surface area contributed by atoms with E-state index in [9.17, 15) is 4.57 Å². The zero-order valence-corrected chi connectivity index (χ0v) is 10.0. The van der Waals surface area contributed by atoms with E-state index in [-0.39, 0.29) is 6.35 Å². The monoisotopic (exact) mass is 222 g/mol. The summed E-state index contributed by atoms with van der Waals surface area (Å²) in [7, 11) is -3.04. The first-order valence-corrected chi connectivity index (χ1v) is 6.37. The van der Waals surface area contributed by atoms with Crippen molar-refractivity contribution in [1.29, 1.82) is 0 Å². The second-order valence-electron chi connectivity index (χ2n) is 2.88. The molecule has 0 aliphatic heterocycles. The van der Waals surface area contributed by atoms with Crippen LogP contribution in [0.3, 0.4) is 0 Å². The first-order valence-electron chi connectivity index (χ1n) is 4.64. The summed E-state index contributed by atoms with van der Waals surface area (Å²) in [4.78, 5) is 0. The summed E-state index contributed by atoms with van der Waals surface area (Å²) < 4.78 is 27.0. The second kappa shape index (κ2) is 7.18. The zero-order valence-electron chi connectivity index (χ0n) is 9.12. The lowest BCUT2D eigenvalue weighted by Crippen LogP contribution is -2.04. The summed E-state index contributed by atoms with van der Waals surface area (Å²) in [6, 6.07) is 0. The Hall–Kier alpha value is -0.150. The van der Waals surface area contributed by atoms with Crippen LogP contribution in [0.2, 0.25) is 0 Å². The Bertz CT molecular complexity index is 205. The molecule has 0 saturated heterocycles. The molecular weight excluding hydrogens is 203 g/mol. The number of ether oxygens (including phenoxy) is 1. The molecule has 0 aliphatic rings. The Kier molecular flexibility index (Phi) is 7.11. The highest BCUT2D eigenvalue weighted by atomic mass is 31.2. The first kappa shape index (κ1) is 13.8. The predicted octanol–water partition coefficient (Wildman–Crippen LogP) is 2.80. The summed E-state index contributed by atoms with van der Waals surface area (Å²) in [5.41, 5.74) is 0.879. The smallest absolute Gasteiger partial charge is 0.356 e. The van der Waals surface area contributed by atoms with Gasteiger partial charge >= 0.3 is 7.60 Å². The lowest BCUT2D eigenvalue weighted by atomic mass is 10.4. The Labute approximate surface area is 85.8 Å². The molecule has 0 fully saturated rings. The fourth-order valence-electron chi connectivity index (χ4n) is 0.837. The maximum absolute atomic E-state index is 11.8. The van der Waals surface area contributed by atoms with E-state index in [2.05, 4.69) is 6.58 Å². The van der Waals surface area contributed by atoms with Gasteiger partial charge < -0.3 is 13.8 Å². The average Bonchev–Trinajstić information content (AvgIpc) is 2.03. The fraction of sp³-hybridized carbons (Fsp3) is 0.778. The molecule has 0 bridgehead atoms. The highest BCUT2D eigenvalue weighted by Gasteiger charge is 2.23. The van der Waals surface area contributed by atoms with Crippen LogP contribution in [0.25, 0.3) is 0 Å². The molecule has 0 aromatic heterocycles. The summed E-state index contributed by atoms with van der Waals surface area (Å²) in [5, 5.41) is 0. The van der Waals surface area contributed by atoms with Crippen LogP contribution in [0.4, 0.5) is 0 Å². The van der Waals surface area contributed by atoms with Crippen LogP contribution < -0.4 is 0 Å². The molecule has 0 spiro atoms. The standard InChI is InChI=1S/C9H19O4P/c1-5-12-14(10,13-6-2)8-11-7-9(3)4/h3,5-8H2,1-2,4H3. The van der Waals surface area contributed by atoms with E-state index in [0.29, 0.717) is 19.8 Å². The molecule has 0 radical (unpaired) electrons. The fourth-order valence-corrected chi connectivity index (χ4v) is 2.16. The normalized spacial score (nSPS) is 11.6. The van der Waals surface area contributed by atoms with E-state index in [1.807, 2.05) is 6.92 Å². The van der Waals surface area contributed by atoms with Crippen LogP contribution in [0.5, 0.6) is 0 Å². The molecule has 0 rings (SSSR count). The third kappa shape index (κ3) is 6.33. The molecule has 84 valence electrons. The summed E-state index contributed by atoms with van der Waals surface area (Å²) >= 11 is 0. The van der Waals surface area contributed by atoms with Gasteiger partial charge in [0, 0.05) is 0 Å². The van der Waals surface area contributed by atoms with Crippen molar-refractivity contribution in [1.82, 2.24) is 0 Å². The molecule has 5 heteroatoms. The van der Waals surface area contributed by atoms with E-state index in [4.69, 9.17) is 13.8 Å². The Morgan fingerprint density at radius 1 is 1.29 bits per heavy atom. The van der Waals surface area contributed by atoms with E-state index >= 15 is 0 Å². The number of hydrogen-bond donors (Lipinski definition) is 0. The van der Waals surface area contributed by atoms with Crippen molar-refractivity contribution in [3.63, 3.8) is 0 Å². The molecule has 0 atom stereocenters. The highest BCUT2D eigenvalue weighted by molar-refractivity contribution is 7.53. The molecule has 0 N–H and O–H groups in total. The molecule has 0 unspecified atom stereocenters. The number of rotatable bonds is 8. The molecule has 0 aliphatic carbocycles. The molecule has 0 heterocycles. The van der Waals surface area contributed by atoms with Crippen molar-refractivity contribution >= 4 is 7.60 Å². The minimum Gasteiger partial charge on any atom is -0.364 e. The Morgan fingerprint density at radius 3 is 2.14 bits per heavy atom. The highest BCUT2D eigenvalue weighted by Crippen LogP contribution is 2.47. The van der Waals surface area contributed by atoms with Gasteiger partial charge in [0.25, 0.3) is 0 Å². The molecule has 14 heavy (non-hydrogen) atoms. The first-order chi connectivity index (χ1) is 6.54. The minimum atomic E-state index is -3.04. The van der Waals surface area contributed by atoms with Gasteiger partial charge in [0.1, 0.15) is 6.35 Å². The second-order valence-corrected chi connectivity index (χ2v) is 4.88. The maximum atomic E-state index is 11.8. The van der Waals surface area contributed by atoms with Gasteiger partial charge in [-0.25, -0.2) is 0 Å². The maximum Gasteiger partial charge on any atom is 0.356 e. The van der Waals surface area contributed by atoms with E-state index in [0.717, 1.165) is 5.57 Å². The number of hydrogen-bond acceptors (Lipinski definition) is 4. The topological polar surface area (TPSA) is 44.8 Å². The quantitative estimate of drug-likeness (QED) is 0.468. The van der Waals surface area contributed by atoms with Crippen LogP contribution >= 0.6 is 7.60 Å². The average molecular weight is 222 g/mol. The van der Waals surface area contributed by atoms with Gasteiger partial charge in [0.05, 0.1) is 19.8 Å². The Balaban J connectivity index is 3.96. The van der Waals surface area contributed by atoms with Crippen LogP contribution in [0.1, 0.15) is 20.8 Å². The van der Waals surface area contributed by atoms with Crippen molar-refractivity contribution in [2.75, 3.05) is 26.2 Å². The Morgan fingerprint density at radius 2 is 1.79 bits per heavy atom. The van der Waals surface area contributed by atoms with Crippen LogP contribution in [-0.2, 0) is 18.3 Å². The predicted molar refractivity (Wildman–Crippen MR) is 56.5 cm³/mol. The van der Waals surface area contributed by atoms with Crippen molar-refractivity contribution in [2.24, 2.45) is 0 Å². The van der Waals surface area contributed by atoms with E-state index < -0.39 is 7.60 Å². The zero-order chi connectivity index (χ0) is 11.0.